The first-order chi connectivity index (χ1) is 9.81. The standard InChI is InChI=1S/C14H19N3OS2/c1-3-11-17-12(9-4-5-9)13(20-11)10-8-19-14(16-10)15-6-7-18-2/h8-9H,3-7H2,1-2H3,(H,15,16). The van der Waals surface area contributed by atoms with Crippen molar-refractivity contribution in [3.8, 4) is 10.6 Å². The van der Waals surface area contributed by atoms with E-state index in [1.54, 1.807) is 29.8 Å². The van der Waals surface area contributed by atoms with Gasteiger partial charge in [0.1, 0.15) is 0 Å². The molecule has 1 aliphatic rings. The molecule has 1 fully saturated rings. The summed E-state index contributed by atoms with van der Waals surface area (Å²) in [5, 5.41) is 7.61. The normalized spacial score (nSPS) is 14.7. The molecule has 2 heterocycles. The number of nitrogens with zero attached hydrogens (tertiary/aromatic N) is 2. The van der Waals surface area contributed by atoms with E-state index in [2.05, 4.69) is 17.6 Å². The van der Waals surface area contributed by atoms with Crippen LogP contribution in [0.15, 0.2) is 5.38 Å². The molecule has 0 atom stereocenters. The van der Waals surface area contributed by atoms with E-state index in [0.717, 1.165) is 23.8 Å². The van der Waals surface area contributed by atoms with Gasteiger partial charge < -0.3 is 10.1 Å². The zero-order valence-electron chi connectivity index (χ0n) is 11.8. The van der Waals surface area contributed by atoms with Gasteiger partial charge in [0.05, 0.1) is 27.9 Å². The van der Waals surface area contributed by atoms with E-state index in [0.29, 0.717) is 12.5 Å². The maximum absolute atomic E-state index is 5.04. The topological polar surface area (TPSA) is 47.0 Å². The largest absolute Gasteiger partial charge is 0.383 e. The summed E-state index contributed by atoms with van der Waals surface area (Å²) < 4.78 is 5.04. The summed E-state index contributed by atoms with van der Waals surface area (Å²) >= 11 is 3.46. The SMILES string of the molecule is CCc1nc(C2CC2)c(-c2csc(NCCOC)n2)s1. The molecule has 20 heavy (non-hydrogen) atoms. The fourth-order valence-corrected chi connectivity index (χ4v) is 3.92. The smallest absolute Gasteiger partial charge is 0.183 e. The molecule has 0 aliphatic heterocycles. The number of hydrogen-bond acceptors (Lipinski definition) is 6. The monoisotopic (exact) mass is 309 g/mol. The van der Waals surface area contributed by atoms with Crippen molar-refractivity contribution in [2.24, 2.45) is 0 Å². The van der Waals surface area contributed by atoms with Crippen molar-refractivity contribution in [3.63, 3.8) is 0 Å². The second kappa shape index (κ2) is 6.20. The van der Waals surface area contributed by atoms with E-state index in [4.69, 9.17) is 14.7 Å². The Morgan fingerprint density at radius 3 is 2.95 bits per heavy atom. The van der Waals surface area contributed by atoms with E-state index in [-0.39, 0.29) is 0 Å². The Kier molecular flexibility index (Phi) is 4.33. The van der Waals surface area contributed by atoms with Gasteiger partial charge in [-0.1, -0.05) is 6.92 Å². The van der Waals surface area contributed by atoms with E-state index in [9.17, 15) is 0 Å². The molecule has 3 rings (SSSR count). The molecule has 4 nitrogen and oxygen atoms in total. The molecule has 0 bridgehead atoms. The summed E-state index contributed by atoms with van der Waals surface area (Å²) in [7, 11) is 1.71. The lowest BCUT2D eigenvalue weighted by Crippen LogP contribution is -2.07. The minimum absolute atomic E-state index is 0.674. The first kappa shape index (κ1) is 14.0. The molecular formula is C14H19N3OS2. The number of hydrogen-bond donors (Lipinski definition) is 1. The molecular weight excluding hydrogens is 290 g/mol. The average Bonchev–Trinajstić information content (AvgIpc) is 3.04. The van der Waals surface area contributed by atoms with Gasteiger partial charge in [0.25, 0.3) is 0 Å². The first-order valence-electron chi connectivity index (χ1n) is 7.00. The third-order valence-corrected chi connectivity index (χ3v) is 5.32. The maximum Gasteiger partial charge on any atom is 0.183 e. The van der Waals surface area contributed by atoms with Crippen molar-refractivity contribution in [2.45, 2.75) is 32.1 Å². The molecule has 6 heteroatoms. The molecule has 1 saturated carbocycles. The van der Waals surface area contributed by atoms with Gasteiger partial charge in [0.2, 0.25) is 0 Å². The number of nitrogens with one attached hydrogen (secondary N) is 1. The van der Waals surface area contributed by atoms with Crippen LogP contribution in [0.3, 0.4) is 0 Å². The van der Waals surface area contributed by atoms with Crippen LogP contribution in [0.1, 0.15) is 36.4 Å². The summed E-state index contributed by atoms with van der Waals surface area (Å²) in [6.07, 6.45) is 3.57. The number of thiazole rings is 2. The van der Waals surface area contributed by atoms with Crippen LogP contribution < -0.4 is 5.32 Å². The Labute approximate surface area is 127 Å². The van der Waals surface area contributed by atoms with Crippen molar-refractivity contribution in [1.29, 1.82) is 0 Å². The van der Waals surface area contributed by atoms with Gasteiger partial charge in [0.15, 0.2) is 5.13 Å². The molecule has 0 unspecified atom stereocenters. The highest BCUT2D eigenvalue weighted by molar-refractivity contribution is 7.16. The molecule has 2 aromatic heterocycles. The van der Waals surface area contributed by atoms with Crippen LogP contribution >= 0.6 is 22.7 Å². The van der Waals surface area contributed by atoms with Crippen molar-refractivity contribution >= 4 is 27.8 Å². The lowest BCUT2D eigenvalue weighted by molar-refractivity contribution is 0.211. The van der Waals surface area contributed by atoms with Crippen molar-refractivity contribution in [1.82, 2.24) is 9.97 Å². The number of ether oxygens (including phenoxy) is 1. The Bertz CT molecular complexity index is 575. The van der Waals surface area contributed by atoms with Crippen LogP contribution in [0.4, 0.5) is 5.13 Å². The second-order valence-corrected chi connectivity index (χ2v) is 6.85. The Morgan fingerprint density at radius 2 is 2.25 bits per heavy atom. The second-order valence-electron chi connectivity index (χ2n) is 4.91. The first-order valence-corrected chi connectivity index (χ1v) is 8.69. The molecule has 0 amide bonds. The number of aromatic nitrogens is 2. The predicted octanol–water partition coefficient (Wildman–Crippen LogP) is 3.76. The molecule has 0 spiro atoms. The van der Waals surface area contributed by atoms with E-state index in [1.165, 1.54) is 28.4 Å². The minimum atomic E-state index is 0.674. The zero-order chi connectivity index (χ0) is 13.9. The van der Waals surface area contributed by atoms with Gasteiger partial charge in [-0.2, -0.15) is 0 Å². The van der Waals surface area contributed by atoms with Gasteiger partial charge >= 0.3 is 0 Å². The highest BCUT2D eigenvalue weighted by Crippen LogP contribution is 2.46. The van der Waals surface area contributed by atoms with E-state index in [1.807, 2.05) is 0 Å². The molecule has 0 aromatic carbocycles. The quantitative estimate of drug-likeness (QED) is 0.791. The van der Waals surface area contributed by atoms with E-state index < -0.39 is 0 Å². The van der Waals surface area contributed by atoms with Crippen LogP contribution in [-0.4, -0.2) is 30.2 Å². The van der Waals surface area contributed by atoms with Gasteiger partial charge in [-0.05, 0) is 19.3 Å². The predicted molar refractivity (Wildman–Crippen MR) is 84.9 cm³/mol. The fraction of sp³-hybridized carbons (Fsp3) is 0.571. The van der Waals surface area contributed by atoms with Crippen LogP contribution in [0.5, 0.6) is 0 Å². The molecule has 1 N–H and O–H groups in total. The molecule has 0 saturated heterocycles. The van der Waals surface area contributed by atoms with Gasteiger partial charge in [-0.25, -0.2) is 9.97 Å². The molecule has 108 valence electrons. The lowest BCUT2D eigenvalue weighted by atomic mass is 10.2. The zero-order valence-corrected chi connectivity index (χ0v) is 13.4. The molecule has 0 radical (unpaired) electrons. The summed E-state index contributed by atoms with van der Waals surface area (Å²) in [6, 6.07) is 0. The van der Waals surface area contributed by atoms with Crippen LogP contribution in [0.25, 0.3) is 10.6 Å². The average molecular weight is 309 g/mol. The van der Waals surface area contributed by atoms with Crippen molar-refractivity contribution in [3.05, 3.63) is 16.1 Å². The highest BCUT2D eigenvalue weighted by Gasteiger charge is 2.30. The number of aryl methyl sites for hydroxylation is 1. The van der Waals surface area contributed by atoms with Crippen molar-refractivity contribution in [2.75, 3.05) is 25.6 Å². The van der Waals surface area contributed by atoms with Crippen LogP contribution in [0.2, 0.25) is 0 Å². The summed E-state index contributed by atoms with van der Waals surface area (Å²) in [4.78, 5) is 10.8. The Hall–Kier alpha value is -0.980. The fourth-order valence-electron chi connectivity index (χ4n) is 2.07. The van der Waals surface area contributed by atoms with Crippen molar-refractivity contribution < 1.29 is 4.74 Å². The third-order valence-electron chi connectivity index (χ3n) is 3.28. The highest BCUT2D eigenvalue weighted by atomic mass is 32.1. The van der Waals surface area contributed by atoms with Gasteiger partial charge in [0, 0.05) is 25.0 Å². The lowest BCUT2D eigenvalue weighted by Gasteiger charge is -2.00. The third kappa shape index (κ3) is 3.02. The van der Waals surface area contributed by atoms with Crippen LogP contribution in [0, 0.1) is 0 Å². The van der Waals surface area contributed by atoms with Gasteiger partial charge in [-0.15, -0.1) is 22.7 Å². The summed E-state index contributed by atoms with van der Waals surface area (Å²) in [5.74, 6) is 0.674. The Morgan fingerprint density at radius 1 is 1.40 bits per heavy atom. The van der Waals surface area contributed by atoms with Gasteiger partial charge in [-0.3, -0.25) is 0 Å². The minimum Gasteiger partial charge on any atom is -0.383 e. The summed E-state index contributed by atoms with van der Waals surface area (Å²) in [5.41, 5.74) is 2.36. The summed E-state index contributed by atoms with van der Waals surface area (Å²) in [6.45, 7) is 3.66. The molecule has 2 aromatic rings. The number of anilines is 1. The van der Waals surface area contributed by atoms with Crippen LogP contribution in [-0.2, 0) is 11.2 Å². The number of methoxy groups -OCH3 is 1. The molecule has 1 aliphatic carbocycles. The maximum atomic E-state index is 5.04. The number of rotatable bonds is 7. The Balaban J connectivity index is 1.79. The van der Waals surface area contributed by atoms with E-state index >= 15 is 0 Å².